The molecule has 0 atom stereocenters. The van der Waals surface area contributed by atoms with Crippen molar-refractivity contribution in [2.75, 3.05) is 21.3 Å². The van der Waals surface area contributed by atoms with E-state index >= 15 is 0 Å². The van der Waals surface area contributed by atoms with Gasteiger partial charge in [-0.2, -0.15) is 14.6 Å². The molecule has 2 aromatic carbocycles. The summed E-state index contributed by atoms with van der Waals surface area (Å²) < 4.78 is 16.7. The number of carbonyl (C=O) groups is 1. The number of hydrogen-bond donors (Lipinski definition) is 0. The molecule has 10 heteroatoms. The van der Waals surface area contributed by atoms with Crippen LogP contribution in [0.3, 0.4) is 0 Å². The number of esters is 1. The molecule has 0 N–H and O–H groups in total. The van der Waals surface area contributed by atoms with E-state index < -0.39 is 11.5 Å². The molecule has 33 heavy (non-hydrogen) atoms. The largest absolute Gasteiger partial charge is 0.493 e. The standard InChI is InChI=1S/C23H19N3O6S/c1-30-17-9-6-14(11-18(17)31-2)10-16-20(27)24-23-26(25-16)21(28)19(33-23)12-13-4-7-15(8-5-13)22(29)32-3/h4-9,11-12H,10H2,1-3H3/b19-12+. The van der Waals surface area contributed by atoms with Gasteiger partial charge >= 0.3 is 5.97 Å². The van der Waals surface area contributed by atoms with Crippen LogP contribution in [0, 0.1) is 0 Å². The van der Waals surface area contributed by atoms with E-state index in [1.807, 2.05) is 0 Å². The zero-order valence-electron chi connectivity index (χ0n) is 18.0. The number of fused-ring (bicyclic) bond motifs is 1. The number of nitrogens with zero attached hydrogens (tertiary/aromatic N) is 3. The highest BCUT2D eigenvalue weighted by Gasteiger charge is 2.13. The number of ether oxygens (including phenoxy) is 3. The summed E-state index contributed by atoms with van der Waals surface area (Å²) in [5.41, 5.74) is 1.14. The number of rotatable bonds is 6. The van der Waals surface area contributed by atoms with Crippen molar-refractivity contribution in [1.82, 2.24) is 14.6 Å². The SMILES string of the molecule is COC(=O)c1ccc(/C=c2/sc3nc(=O)c(Cc4ccc(OC)c(OC)c4)nn3c2=O)cc1. The van der Waals surface area contributed by atoms with Gasteiger partial charge in [0.25, 0.3) is 11.1 Å². The fourth-order valence-corrected chi connectivity index (χ4v) is 4.12. The molecule has 168 valence electrons. The molecular weight excluding hydrogens is 446 g/mol. The Labute approximate surface area is 191 Å². The topological polar surface area (TPSA) is 109 Å². The molecule has 0 radical (unpaired) electrons. The summed E-state index contributed by atoms with van der Waals surface area (Å²) in [6.45, 7) is 0. The summed E-state index contributed by atoms with van der Waals surface area (Å²) >= 11 is 1.07. The number of carbonyl (C=O) groups excluding carboxylic acids is 1. The van der Waals surface area contributed by atoms with Crippen LogP contribution in [0.5, 0.6) is 11.5 Å². The van der Waals surface area contributed by atoms with Crippen LogP contribution in [0.1, 0.15) is 27.2 Å². The molecule has 0 bridgehead atoms. The first kappa shape index (κ1) is 22.2. The zero-order chi connectivity index (χ0) is 23.5. The lowest BCUT2D eigenvalue weighted by Crippen LogP contribution is -2.28. The van der Waals surface area contributed by atoms with E-state index in [0.29, 0.717) is 27.2 Å². The number of hydrogen-bond acceptors (Lipinski definition) is 9. The summed E-state index contributed by atoms with van der Waals surface area (Å²) in [5, 5.41) is 4.26. The van der Waals surface area contributed by atoms with Crippen LogP contribution < -0.4 is 25.1 Å². The molecule has 0 spiro atoms. The maximum absolute atomic E-state index is 12.9. The molecule has 4 aromatic rings. The predicted molar refractivity (Wildman–Crippen MR) is 122 cm³/mol. The van der Waals surface area contributed by atoms with Gasteiger partial charge in [-0.05, 0) is 41.5 Å². The van der Waals surface area contributed by atoms with Crippen molar-refractivity contribution in [2.45, 2.75) is 6.42 Å². The van der Waals surface area contributed by atoms with Gasteiger partial charge in [0, 0.05) is 6.42 Å². The summed E-state index contributed by atoms with van der Waals surface area (Å²) in [6, 6.07) is 11.9. The third-order valence-corrected chi connectivity index (χ3v) is 5.86. The van der Waals surface area contributed by atoms with Crippen LogP contribution in [0.2, 0.25) is 0 Å². The summed E-state index contributed by atoms with van der Waals surface area (Å²) in [4.78, 5) is 41.2. The van der Waals surface area contributed by atoms with Crippen molar-refractivity contribution >= 4 is 28.3 Å². The fraction of sp³-hybridized carbons (Fsp3) is 0.174. The molecular formula is C23H19N3O6S. The molecule has 9 nitrogen and oxygen atoms in total. The smallest absolute Gasteiger partial charge is 0.337 e. The highest BCUT2D eigenvalue weighted by atomic mass is 32.1. The van der Waals surface area contributed by atoms with E-state index in [2.05, 4.69) is 14.8 Å². The van der Waals surface area contributed by atoms with Crippen LogP contribution in [0.15, 0.2) is 52.1 Å². The Morgan fingerprint density at radius 1 is 1.03 bits per heavy atom. The van der Waals surface area contributed by atoms with Crippen LogP contribution in [-0.4, -0.2) is 41.9 Å². The molecule has 0 saturated carbocycles. The van der Waals surface area contributed by atoms with Gasteiger partial charge in [-0.25, -0.2) is 4.79 Å². The van der Waals surface area contributed by atoms with Crippen LogP contribution in [-0.2, 0) is 11.2 Å². The summed E-state index contributed by atoms with van der Waals surface area (Å²) in [7, 11) is 4.38. The third kappa shape index (κ3) is 4.46. The van der Waals surface area contributed by atoms with Gasteiger partial charge < -0.3 is 14.2 Å². The Morgan fingerprint density at radius 2 is 1.76 bits per heavy atom. The molecule has 0 amide bonds. The minimum Gasteiger partial charge on any atom is -0.493 e. The Balaban J connectivity index is 1.70. The minimum absolute atomic E-state index is 0.142. The second-order valence-electron chi connectivity index (χ2n) is 6.95. The second kappa shape index (κ2) is 9.21. The highest BCUT2D eigenvalue weighted by molar-refractivity contribution is 7.15. The van der Waals surface area contributed by atoms with Crippen molar-refractivity contribution < 1.29 is 19.0 Å². The Morgan fingerprint density at radius 3 is 2.42 bits per heavy atom. The first-order valence-electron chi connectivity index (χ1n) is 9.77. The van der Waals surface area contributed by atoms with E-state index in [4.69, 9.17) is 9.47 Å². The molecule has 2 heterocycles. The van der Waals surface area contributed by atoms with Gasteiger partial charge in [0.1, 0.15) is 5.69 Å². The fourth-order valence-electron chi connectivity index (χ4n) is 3.22. The van der Waals surface area contributed by atoms with Crippen molar-refractivity contribution in [2.24, 2.45) is 0 Å². The number of aromatic nitrogens is 3. The van der Waals surface area contributed by atoms with Crippen LogP contribution in [0.4, 0.5) is 0 Å². The molecule has 0 aliphatic rings. The molecule has 0 saturated heterocycles. The van der Waals surface area contributed by atoms with Gasteiger partial charge in [0.15, 0.2) is 11.5 Å². The minimum atomic E-state index is -0.500. The van der Waals surface area contributed by atoms with Gasteiger partial charge in [-0.3, -0.25) is 9.59 Å². The lowest BCUT2D eigenvalue weighted by Gasteiger charge is -2.09. The maximum atomic E-state index is 12.9. The maximum Gasteiger partial charge on any atom is 0.337 e. The monoisotopic (exact) mass is 465 g/mol. The lowest BCUT2D eigenvalue weighted by atomic mass is 10.1. The van der Waals surface area contributed by atoms with Gasteiger partial charge in [0.2, 0.25) is 4.96 Å². The average molecular weight is 465 g/mol. The first-order valence-corrected chi connectivity index (χ1v) is 10.6. The van der Waals surface area contributed by atoms with Crippen LogP contribution >= 0.6 is 11.3 Å². The molecule has 0 unspecified atom stereocenters. The van der Waals surface area contributed by atoms with E-state index in [9.17, 15) is 14.4 Å². The van der Waals surface area contributed by atoms with E-state index in [1.165, 1.54) is 21.3 Å². The van der Waals surface area contributed by atoms with Gasteiger partial charge in [-0.1, -0.05) is 29.5 Å². The Kier molecular flexibility index (Phi) is 6.18. The zero-order valence-corrected chi connectivity index (χ0v) is 18.8. The van der Waals surface area contributed by atoms with Crippen LogP contribution in [0.25, 0.3) is 11.0 Å². The van der Waals surface area contributed by atoms with Crippen molar-refractivity contribution in [1.29, 1.82) is 0 Å². The number of methoxy groups -OCH3 is 3. The van der Waals surface area contributed by atoms with Crippen molar-refractivity contribution in [3.8, 4) is 11.5 Å². The summed E-state index contributed by atoms with van der Waals surface area (Å²) in [5.74, 6) is 0.653. The molecule has 2 aromatic heterocycles. The molecule has 4 rings (SSSR count). The highest BCUT2D eigenvalue weighted by Crippen LogP contribution is 2.28. The van der Waals surface area contributed by atoms with Crippen molar-refractivity contribution in [3.05, 3.63) is 90.1 Å². The normalized spacial score (nSPS) is 11.5. The van der Waals surface area contributed by atoms with E-state index in [1.54, 1.807) is 48.5 Å². The number of benzene rings is 2. The summed E-state index contributed by atoms with van der Waals surface area (Å²) in [6.07, 6.45) is 1.83. The van der Waals surface area contributed by atoms with Gasteiger partial charge in [0.05, 0.1) is 31.4 Å². The average Bonchev–Trinajstić information content (AvgIpc) is 3.13. The van der Waals surface area contributed by atoms with E-state index in [-0.39, 0.29) is 22.6 Å². The molecule has 0 aliphatic heterocycles. The lowest BCUT2D eigenvalue weighted by molar-refractivity contribution is 0.0600. The van der Waals surface area contributed by atoms with E-state index in [0.717, 1.165) is 21.4 Å². The second-order valence-corrected chi connectivity index (χ2v) is 7.96. The quantitative estimate of drug-likeness (QED) is 0.394. The Hall–Kier alpha value is -4.05. The molecule has 0 fully saturated rings. The third-order valence-electron chi connectivity index (χ3n) is 4.90. The Bertz CT molecular complexity index is 1510. The predicted octanol–water partition coefficient (Wildman–Crippen LogP) is 1.45. The van der Waals surface area contributed by atoms with Crippen molar-refractivity contribution in [3.63, 3.8) is 0 Å². The van der Waals surface area contributed by atoms with Gasteiger partial charge in [-0.15, -0.1) is 0 Å². The first-order chi connectivity index (χ1) is 15.9. The number of thiazole rings is 1. The molecule has 0 aliphatic carbocycles.